The highest BCUT2D eigenvalue weighted by Crippen LogP contribution is 2.13. The summed E-state index contributed by atoms with van der Waals surface area (Å²) in [5.41, 5.74) is 9.36. The van der Waals surface area contributed by atoms with Gasteiger partial charge in [-0.1, -0.05) is 42.9 Å². The molecule has 0 aliphatic heterocycles. The molecule has 0 fully saturated rings. The van der Waals surface area contributed by atoms with Crippen LogP contribution in [0, 0.1) is 6.92 Å². The summed E-state index contributed by atoms with van der Waals surface area (Å²) in [5, 5.41) is 3.52. The van der Waals surface area contributed by atoms with Crippen molar-refractivity contribution in [1.82, 2.24) is 0 Å². The van der Waals surface area contributed by atoms with Crippen molar-refractivity contribution in [3.8, 4) is 5.75 Å². The van der Waals surface area contributed by atoms with Gasteiger partial charge in [0.25, 0.3) is 0 Å². The third-order valence-electron chi connectivity index (χ3n) is 2.97. The van der Waals surface area contributed by atoms with Crippen LogP contribution in [0.2, 0.25) is 0 Å². The Balaban J connectivity index is 1.92. The molecule has 0 N–H and O–H groups in total. The molecule has 0 heterocycles. The predicted octanol–water partition coefficient (Wildman–Crippen LogP) is 5.02. The van der Waals surface area contributed by atoms with E-state index in [2.05, 4.69) is 29.1 Å². The Kier molecular flexibility index (Phi) is 8.32. The summed E-state index contributed by atoms with van der Waals surface area (Å²) in [7, 11) is 0. The predicted molar refractivity (Wildman–Crippen MR) is 78.4 cm³/mol. The maximum atomic E-state index is 8.12. The van der Waals surface area contributed by atoms with Gasteiger partial charge in [-0.2, -0.15) is 0 Å². The van der Waals surface area contributed by atoms with Gasteiger partial charge in [-0.25, -0.2) is 0 Å². The minimum absolute atomic E-state index is 0.632. The Morgan fingerprint density at radius 3 is 2.58 bits per heavy atom. The van der Waals surface area contributed by atoms with Crippen molar-refractivity contribution in [2.75, 3.05) is 13.2 Å². The van der Waals surface area contributed by atoms with E-state index in [0.717, 1.165) is 31.6 Å². The molecule has 0 radical (unpaired) electrons. The number of unbranched alkanes of at least 4 members (excludes halogenated alkanes) is 5. The van der Waals surface area contributed by atoms with Gasteiger partial charge in [0, 0.05) is 11.5 Å². The number of hydrogen-bond acceptors (Lipinski definition) is 2. The van der Waals surface area contributed by atoms with Crippen LogP contribution in [0.4, 0.5) is 0 Å². The molecule has 0 saturated heterocycles. The Morgan fingerprint density at radius 1 is 1.11 bits per heavy atom. The Bertz CT molecular complexity index is 400. The monoisotopic (exact) mass is 261 g/mol. The van der Waals surface area contributed by atoms with Crippen molar-refractivity contribution in [2.24, 2.45) is 5.11 Å². The summed E-state index contributed by atoms with van der Waals surface area (Å²) in [4.78, 5) is 2.74. The summed E-state index contributed by atoms with van der Waals surface area (Å²) < 4.78 is 5.69. The van der Waals surface area contributed by atoms with Crippen molar-refractivity contribution in [3.05, 3.63) is 40.3 Å². The molecular weight excluding hydrogens is 238 g/mol. The normalized spacial score (nSPS) is 9.95. The van der Waals surface area contributed by atoms with E-state index in [-0.39, 0.29) is 0 Å². The molecular formula is C15H23N3O. The first-order valence-corrected chi connectivity index (χ1v) is 7.03. The molecule has 0 amide bonds. The van der Waals surface area contributed by atoms with Crippen molar-refractivity contribution in [3.63, 3.8) is 0 Å². The van der Waals surface area contributed by atoms with Gasteiger partial charge in [0.15, 0.2) is 0 Å². The molecule has 0 atom stereocenters. The van der Waals surface area contributed by atoms with Crippen LogP contribution in [0.5, 0.6) is 5.75 Å². The highest BCUT2D eigenvalue weighted by molar-refractivity contribution is 5.27. The van der Waals surface area contributed by atoms with Crippen molar-refractivity contribution in [2.45, 2.75) is 45.4 Å². The molecule has 4 heteroatoms. The second-order valence-corrected chi connectivity index (χ2v) is 4.74. The van der Waals surface area contributed by atoms with E-state index in [4.69, 9.17) is 10.3 Å². The van der Waals surface area contributed by atoms with Gasteiger partial charge >= 0.3 is 0 Å². The fraction of sp³-hybridized carbons (Fsp3) is 0.600. The van der Waals surface area contributed by atoms with Crippen molar-refractivity contribution >= 4 is 0 Å². The Hall–Kier alpha value is -1.67. The first-order valence-electron chi connectivity index (χ1n) is 7.03. The molecule has 1 aromatic rings. The second kappa shape index (κ2) is 10.3. The molecule has 0 aromatic heterocycles. The first-order chi connectivity index (χ1) is 9.33. The van der Waals surface area contributed by atoms with E-state index >= 15 is 0 Å². The zero-order valence-corrected chi connectivity index (χ0v) is 11.7. The number of rotatable bonds is 10. The average Bonchev–Trinajstić information content (AvgIpc) is 2.41. The summed E-state index contributed by atoms with van der Waals surface area (Å²) >= 11 is 0. The molecule has 1 rings (SSSR count). The van der Waals surface area contributed by atoms with E-state index in [0.29, 0.717) is 6.54 Å². The number of azide groups is 1. The quantitative estimate of drug-likeness (QED) is 0.252. The summed E-state index contributed by atoms with van der Waals surface area (Å²) in [6.45, 7) is 3.50. The van der Waals surface area contributed by atoms with E-state index in [1.54, 1.807) is 0 Å². The molecule has 0 aliphatic carbocycles. The number of aryl methyl sites for hydroxylation is 1. The third-order valence-corrected chi connectivity index (χ3v) is 2.97. The van der Waals surface area contributed by atoms with Crippen LogP contribution in [0.25, 0.3) is 10.4 Å². The summed E-state index contributed by atoms with van der Waals surface area (Å²) in [6, 6.07) is 8.16. The SMILES string of the molecule is Cc1cccc(OCCCCCCCCN=[N+]=[N-])c1. The van der Waals surface area contributed by atoms with Gasteiger partial charge in [-0.15, -0.1) is 0 Å². The summed E-state index contributed by atoms with van der Waals surface area (Å²) in [5.74, 6) is 0.967. The van der Waals surface area contributed by atoms with Crippen LogP contribution >= 0.6 is 0 Å². The number of benzene rings is 1. The molecule has 0 bridgehead atoms. The van der Waals surface area contributed by atoms with Crippen LogP contribution in [0.15, 0.2) is 29.4 Å². The van der Waals surface area contributed by atoms with Gasteiger partial charge < -0.3 is 4.74 Å². The smallest absolute Gasteiger partial charge is 0.119 e. The molecule has 19 heavy (non-hydrogen) atoms. The van der Waals surface area contributed by atoms with Crippen molar-refractivity contribution < 1.29 is 4.74 Å². The Morgan fingerprint density at radius 2 is 1.84 bits per heavy atom. The van der Waals surface area contributed by atoms with E-state index in [9.17, 15) is 0 Å². The lowest BCUT2D eigenvalue weighted by molar-refractivity contribution is 0.304. The van der Waals surface area contributed by atoms with Crippen LogP contribution < -0.4 is 4.74 Å². The minimum Gasteiger partial charge on any atom is -0.494 e. The topological polar surface area (TPSA) is 58.0 Å². The lowest BCUT2D eigenvalue weighted by Crippen LogP contribution is -1.97. The number of hydrogen-bond donors (Lipinski definition) is 0. The molecule has 0 aliphatic rings. The number of nitrogens with zero attached hydrogens (tertiary/aromatic N) is 3. The van der Waals surface area contributed by atoms with Gasteiger partial charge in [-0.3, -0.25) is 0 Å². The Labute approximate surface area is 115 Å². The zero-order valence-electron chi connectivity index (χ0n) is 11.7. The zero-order chi connectivity index (χ0) is 13.8. The highest BCUT2D eigenvalue weighted by Gasteiger charge is 1.95. The minimum atomic E-state index is 0.632. The maximum absolute atomic E-state index is 8.12. The molecule has 1 aromatic carbocycles. The van der Waals surface area contributed by atoms with Crippen molar-refractivity contribution in [1.29, 1.82) is 0 Å². The molecule has 104 valence electrons. The van der Waals surface area contributed by atoms with Crippen LogP contribution in [-0.4, -0.2) is 13.2 Å². The van der Waals surface area contributed by atoms with E-state index < -0.39 is 0 Å². The maximum Gasteiger partial charge on any atom is 0.119 e. The van der Waals surface area contributed by atoms with Gasteiger partial charge in [0.1, 0.15) is 5.75 Å². The van der Waals surface area contributed by atoms with Gasteiger partial charge in [-0.05, 0) is 43.0 Å². The molecule has 4 nitrogen and oxygen atoms in total. The van der Waals surface area contributed by atoms with Gasteiger partial charge in [0.05, 0.1) is 6.61 Å². The van der Waals surface area contributed by atoms with Crippen LogP contribution in [-0.2, 0) is 0 Å². The highest BCUT2D eigenvalue weighted by atomic mass is 16.5. The average molecular weight is 261 g/mol. The second-order valence-electron chi connectivity index (χ2n) is 4.74. The fourth-order valence-electron chi connectivity index (χ4n) is 1.93. The number of ether oxygens (including phenoxy) is 1. The van der Waals surface area contributed by atoms with Crippen LogP contribution in [0.3, 0.4) is 0 Å². The first kappa shape index (κ1) is 15.4. The summed E-state index contributed by atoms with van der Waals surface area (Å²) in [6.07, 6.45) is 6.90. The lowest BCUT2D eigenvalue weighted by Gasteiger charge is -2.06. The fourth-order valence-corrected chi connectivity index (χ4v) is 1.93. The molecule has 0 unspecified atom stereocenters. The van der Waals surface area contributed by atoms with Gasteiger partial charge in [0.2, 0.25) is 0 Å². The molecule has 0 saturated carbocycles. The van der Waals surface area contributed by atoms with Crippen LogP contribution in [0.1, 0.15) is 44.1 Å². The molecule has 0 spiro atoms. The lowest BCUT2D eigenvalue weighted by atomic mass is 10.1. The third kappa shape index (κ3) is 8.11. The largest absolute Gasteiger partial charge is 0.494 e. The van der Waals surface area contributed by atoms with E-state index in [1.165, 1.54) is 24.8 Å². The standard InChI is InChI=1S/C15H23N3O/c1-14-9-8-10-15(13-14)19-12-7-5-3-2-4-6-11-17-18-16/h8-10,13H,2-7,11-12H2,1H3. The van der Waals surface area contributed by atoms with E-state index in [1.807, 2.05) is 12.1 Å².